The number of fused-ring (bicyclic) bond motifs is 1. The van der Waals surface area contributed by atoms with E-state index >= 15 is 0 Å². The number of aromatic nitrogens is 4. The maximum atomic E-state index is 4.24. The first-order valence-corrected chi connectivity index (χ1v) is 3.84. The molecular weight excluding hydrogens is 152 g/mol. The molecule has 0 atom stereocenters. The Morgan fingerprint density at radius 3 is 2.67 bits per heavy atom. The maximum absolute atomic E-state index is 4.24. The molecule has 0 aliphatic heterocycles. The van der Waals surface area contributed by atoms with Gasteiger partial charge in [0.25, 0.3) is 0 Å². The van der Waals surface area contributed by atoms with Crippen LogP contribution in [0.15, 0.2) is 6.33 Å². The van der Waals surface area contributed by atoms with Crippen molar-refractivity contribution >= 4 is 5.65 Å². The summed E-state index contributed by atoms with van der Waals surface area (Å²) in [6.45, 7) is 6.06. The van der Waals surface area contributed by atoms with Gasteiger partial charge in [0.05, 0.1) is 5.69 Å². The summed E-state index contributed by atoms with van der Waals surface area (Å²) in [5.41, 5.74) is 4.19. The van der Waals surface area contributed by atoms with Gasteiger partial charge in [-0.1, -0.05) is 0 Å². The van der Waals surface area contributed by atoms with Crippen LogP contribution in [0.1, 0.15) is 16.8 Å². The summed E-state index contributed by atoms with van der Waals surface area (Å²) in [4.78, 5) is 4.11. The van der Waals surface area contributed by atoms with E-state index in [-0.39, 0.29) is 0 Å². The molecule has 62 valence electrons. The molecule has 0 N–H and O–H groups in total. The second-order valence-electron chi connectivity index (χ2n) is 2.91. The number of aryl methyl sites for hydroxylation is 2. The van der Waals surface area contributed by atoms with Crippen molar-refractivity contribution < 1.29 is 0 Å². The largest absolute Gasteiger partial charge is 0.213 e. The minimum Gasteiger partial charge on any atom is -0.213 e. The molecule has 0 radical (unpaired) electrons. The fraction of sp³-hybridized carbons (Fsp3) is 0.375. The molecule has 0 aliphatic carbocycles. The van der Waals surface area contributed by atoms with Gasteiger partial charge in [-0.3, -0.25) is 0 Å². The Hall–Kier alpha value is -1.45. The molecule has 12 heavy (non-hydrogen) atoms. The standard InChI is InChI=1S/C8H10N4/c1-5-6(2)8-9-4-10-12(8)11-7(5)3/h4H,1-3H3. The molecule has 0 amide bonds. The third kappa shape index (κ3) is 0.809. The molecule has 0 fully saturated rings. The van der Waals surface area contributed by atoms with Gasteiger partial charge in [-0.15, -0.1) is 9.73 Å². The van der Waals surface area contributed by atoms with Gasteiger partial charge in [0, 0.05) is 5.56 Å². The third-order valence-corrected chi connectivity index (χ3v) is 2.22. The van der Waals surface area contributed by atoms with E-state index in [1.165, 1.54) is 11.9 Å². The minimum atomic E-state index is 0.845. The topological polar surface area (TPSA) is 43.1 Å². The summed E-state index contributed by atoms with van der Waals surface area (Å²) in [6.07, 6.45) is 1.52. The highest BCUT2D eigenvalue weighted by Gasteiger charge is 2.05. The van der Waals surface area contributed by atoms with Crippen LogP contribution in [0.3, 0.4) is 0 Å². The first-order chi connectivity index (χ1) is 5.70. The van der Waals surface area contributed by atoms with E-state index in [2.05, 4.69) is 15.2 Å². The average molecular weight is 162 g/mol. The van der Waals surface area contributed by atoms with Gasteiger partial charge in [-0.2, -0.15) is 5.10 Å². The zero-order valence-corrected chi connectivity index (χ0v) is 7.37. The Labute approximate surface area is 70.2 Å². The monoisotopic (exact) mass is 162 g/mol. The summed E-state index contributed by atoms with van der Waals surface area (Å²) in [7, 11) is 0. The van der Waals surface area contributed by atoms with Crippen LogP contribution in [-0.4, -0.2) is 19.8 Å². The van der Waals surface area contributed by atoms with E-state index in [0.717, 1.165) is 16.9 Å². The molecule has 0 aromatic carbocycles. The van der Waals surface area contributed by atoms with Gasteiger partial charge in [0.1, 0.15) is 6.33 Å². The summed E-state index contributed by atoms with van der Waals surface area (Å²) in [6, 6.07) is 0. The van der Waals surface area contributed by atoms with Gasteiger partial charge >= 0.3 is 0 Å². The molecule has 2 rings (SSSR count). The van der Waals surface area contributed by atoms with Crippen LogP contribution < -0.4 is 0 Å². The van der Waals surface area contributed by atoms with Crippen molar-refractivity contribution in [3.8, 4) is 0 Å². The minimum absolute atomic E-state index is 0.845. The number of hydrogen-bond donors (Lipinski definition) is 0. The van der Waals surface area contributed by atoms with Crippen LogP contribution in [-0.2, 0) is 0 Å². The zero-order chi connectivity index (χ0) is 8.72. The van der Waals surface area contributed by atoms with E-state index in [1.807, 2.05) is 20.8 Å². The Morgan fingerprint density at radius 2 is 1.92 bits per heavy atom. The first-order valence-electron chi connectivity index (χ1n) is 3.84. The van der Waals surface area contributed by atoms with Crippen LogP contribution in [0, 0.1) is 20.8 Å². The molecule has 0 unspecified atom stereocenters. The number of rotatable bonds is 0. The predicted octanol–water partition coefficient (Wildman–Crippen LogP) is 1.05. The molecular formula is C8H10N4. The normalized spacial score (nSPS) is 10.9. The van der Waals surface area contributed by atoms with Crippen molar-refractivity contribution in [3.05, 3.63) is 23.1 Å². The highest BCUT2D eigenvalue weighted by atomic mass is 15.4. The maximum Gasteiger partial charge on any atom is 0.179 e. The van der Waals surface area contributed by atoms with E-state index in [9.17, 15) is 0 Å². The van der Waals surface area contributed by atoms with Crippen molar-refractivity contribution in [1.29, 1.82) is 0 Å². The molecule has 4 heteroatoms. The molecule has 2 aromatic heterocycles. The van der Waals surface area contributed by atoms with E-state index in [0.29, 0.717) is 0 Å². The fourth-order valence-corrected chi connectivity index (χ4v) is 1.21. The molecule has 0 spiro atoms. The summed E-state index contributed by atoms with van der Waals surface area (Å²) in [5.74, 6) is 0. The van der Waals surface area contributed by atoms with Gasteiger partial charge in [-0.25, -0.2) is 4.98 Å². The molecule has 0 aliphatic rings. The Morgan fingerprint density at radius 1 is 1.17 bits per heavy atom. The van der Waals surface area contributed by atoms with Crippen molar-refractivity contribution in [2.24, 2.45) is 0 Å². The lowest BCUT2D eigenvalue weighted by molar-refractivity contribution is 0.770. The smallest absolute Gasteiger partial charge is 0.179 e. The first kappa shape index (κ1) is 7.21. The molecule has 0 bridgehead atoms. The zero-order valence-electron chi connectivity index (χ0n) is 7.37. The average Bonchev–Trinajstić information content (AvgIpc) is 2.48. The second-order valence-corrected chi connectivity index (χ2v) is 2.91. The lowest BCUT2D eigenvalue weighted by Gasteiger charge is -2.03. The van der Waals surface area contributed by atoms with Crippen LogP contribution in [0.4, 0.5) is 0 Å². The van der Waals surface area contributed by atoms with Crippen molar-refractivity contribution in [1.82, 2.24) is 19.8 Å². The second kappa shape index (κ2) is 2.27. The highest BCUT2D eigenvalue weighted by Crippen LogP contribution is 2.12. The van der Waals surface area contributed by atoms with Gasteiger partial charge < -0.3 is 0 Å². The Balaban J connectivity index is 2.94. The Kier molecular flexibility index (Phi) is 1.36. The summed E-state index contributed by atoms with van der Waals surface area (Å²) in [5, 5.41) is 8.22. The highest BCUT2D eigenvalue weighted by molar-refractivity contribution is 5.49. The predicted molar refractivity (Wildman–Crippen MR) is 45.0 cm³/mol. The summed E-state index contributed by atoms with van der Waals surface area (Å²) < 4.78 is 1.57. The number of hydrogen-bond acceptors (Lipinski definition) is 3. The lowest BCUT2D eigenvalue weighted by atomic mass is 10.1. The summed E-state index contributed by atoms with van der Waals surface area (Å²) >= 11 is 0. The SMILES string of the molecule is Cc1nn2ncnc2c(C)c1C. The molecule has 2 aromatic rings. The van der Waals surface area contributed by atoms with Crippen molar-refractivity contribution in [2.45, 2.75) is 20.8 Å². The quantitative estimate of drug-likeness (QED) is 0.581. The van der Waals surface area contributed by atoms with E-state index in [4.69, 9.17) is 0 Å². The van der Waals surface area contributed by atoms with Gasteiger partial charge in [0.15, 0.2) is 5.65 Å². The van der Waals surface area contributed by atoms with Gasteiger partial charge in [-0.05, 0) is 26.3 Å². The lowest BCUT2D eigenvalue weighted by Crippen LogP contribution is -2.01. The molecule has 0 saturated carbocycles. The number of nitrogens with zero attached hydrogens (tertiary/aromatic N) is 4. The molecule has 2 heterocycles. The fourth-order valence-electron chi connectivity index (χ4n) is 1.21. The molecule has 0 saturated heterocycles. The van der Waals surface area contributed by atoms with Crippen molar-refractivity contribution in [3.63, 3.8) is 0 Å². The van der Waals surface area contributed by atoms with E-state index < -0.39 is 0 Å². The third-order valence-electron chi connectivity index (χ3n) is 2.22. The van der Waals surface area contributed by atoms with Gasteiger partial charge in [0.2, 0.25) is 0 Å². The van der Waals surface area contributed by atoms with Crippen LogP contribution in [0.2, 0.25) is 0 Å². The van der Waals surface area contributed by atoms with Crippen molar-refractivity contribution in [2.75, 3.05) is 0 Å². The Bertz CT molecular complexity index is 430. The van der Waals surface area contributed by atoms with Crippen LogP contribution in [0.25, 0.3) is 5.65 Å². The van der Waals surface area contributed by atoms with E-state index in [1.54, 1.807) is 4.63 Å². The van der Waals surface area contributed by atoms with Crippen LogP contribution in [0.5, 0.6) is 0 Å². The van der Waals surface area contributed by atoms with Crippen LogP contribution >= 0.6 is 0 Å². The molecule has 4 nitrogen and oxygen atoms in total.